The fraction of sp³-hybridized carbons (Fsp3) is 0.462. The minimum absolute atomic E-state index is 0.252. The second-order valence-electron chi connectivity index (χ2n) is 9.93. The molecule has 2 atom stereocenters. The van der Waals surface area contributed by atoms with Crippen molar-refractivity contribution in [2.24, 2.45) is 0 Å². The molecule has 0 aromatic heterocycles. The number of benzene rings is 2. The van der Waals surface area contributed by atoms with Gasteiger partial charge in [0.2, 0.25) is 0 Å². The van der Waals surface area contributed by atoms with Gasteiger partial charge in [0.25, 0.3) is 0 Å². The number of hydrogen-bond donors (Lipinski definition) is 2. The zero-order valence-corrected chi connectivity index (χ0v) is 20.2. The second-order valence-corrected chi connectivity index (χ2v) is 9.93. The van der Waals surface area contributed by atoms with Gasteiger partial charge >= 0.3 is 12.2 Å². The number of ether oxygens (including phenoxy) is 2. The number of alkyl carbamates (subject to hydrolysis) is 2. The summed E-state index contributed by atoms with van der Waals surface area (Å²) in [7, 11) is 0. The fourth-order valence-corrected chi connectivity index (χ4v) is 3.26. The molecule has 0 spiro atoms. The van der Waals surface area contributed by atoms with Crippen LogP contribution >= 0.6 is 0 Å². The lowest BCUT2D eigenvalue weighted by Crippen LogP contribution is -2.41. The number of aryl methyl sites for hydroxylation is 1. The molecule has 2 rings (SSSR count). The maximum atomic E-state index is 12.7. The summed E-state index contributed by atoms with van der Waals surface area (Å²) < 4.78 is 10.9. The standard InChI is InChI=1S/C26H36N2O4/c1-18-13-15-19(16-14-18)21(17-27-23(29)31-25(2,3)4)22(20-11-9-8-10-12-20)28-24(30)32-26(5,6)7/h8-16,21-22H,17H2,1-7H3,(H,27,29)(H,28,30)/t21-,22+/m0/s1. The lowest BCUT2D eigenvalue weighted by molar-refractivity contribution is 0.0490. The summed E-state index contributed by atoms with van der Waals surface area (Å²) in [5, 5.41) is 5.89. The minimum atomic E-state index is -0.626. The normalized spacial score (nSPS) is 13.6. The van der Waals surface area contributed by atoms with Crippen molar-refractivity contribution in [3.05, 3.63) is 71.3 Å². The fourth-order valence-electron chi connectivity index (χ4n) is 3.26. The Bertz CT molecular complexity index is 881. The van der Waals surface area contributed by atoms with Gasteiger partial charge in [-0.05, 0) is 59.6 Å². The van der Waals surface area contributed by atoms with Crippen LogP contribution in [0.15, 0.2) is 54.6 Å². The van der Waals surface area contributed by atoms with Crippen LogP contribution < -0.4 is 10.6 Å². The number of rotatable bonds is 6. The van der Waals surface area contributed by atoms with E-state index >= 15 is 0 Å². The first-order valence-electron chi connectivity index (χ1n) is 10.9. The quantitative estimate of drug-likeness (QED) is 0.589. The third-order valence-electron chi connectivity index (χ3n) is 4.60. The molecule has 6 heteroatoms. The molecule has 0 heterocycles. The topological polar surface area (TPSA) is 76.7 Å². The van der Waals surface area contributed by atoms with Crippen molar-refractivity contribution in [2.45, 2.75) is 71.6 Å². The molecule has 0 aliphatic heterocycles. The Morgan fingerprint density at radius 1 is 0.781 bits per heavy atom. The van der Waals surface area contributed by atoms with Gasteiger partial charge in [0.05, 0.1) is 6.04 Å². The Hall–Kier alpha value is -3.02. The van der Waals surface area contributed by atoms with E-state index in [2.05, 4.69) is 10.6 Å². The van der Waals surface area contributed by atoms with E-state index in [1.807, 2.05) is 103 Å². The predicted octanol–water partition coefficient (Wildman–Crippen LogP) is 5.87. The van der Waals surface area contributed by atoms with Crippen LogP contribution in [0.3, 0.4) is 0 Å². The van der Waals surface area contributed by atoms with Gasteiger partial charge in [0.1, 0.15) is 11.2 Å². The molecule has 2 N–H and O–H groups in total. The van der Waals surface area contributed by atoms with E-state index in [9.17, 15) is 9.59 Å². The molecule has 0 aliphatic rings. The van der Waals surface area contributed by atoms with E-state index in [1.54, 1.807) is 0 Å². The molecule has 6 nitrogen and oxygen atoms in total. The van der Waals surface area contributed by atoms with Gasteiger partial charge in [-0.1, -0.05) is 60.2 Å². The Balaban J connectivity index is 2.37. The Labute approximate surface area is 191 Å². The van der Waals surface area contributed by atoms with Gasteiger partial charge in [-0.15, -0.1) is 0 Å². The second kappa shape index (κ2) is 10.5. The summed E-state index contributed by atoms with van der Waals surface area (Å²) in [4.78, 5) is 25.1. The highest BCUT2D eigenvalue weighted by atomic mass is 16.6. The lowest BCUT2D eigenvalue weighted by atomic mass is 9.86. The van der Waals surface area contributed by atoms with Crippen LogP contribution in [0.5, 0.6) is 0 Å². The van der Waals surface area contributed by atoms with Crippen molar-refractivity contribution in [3.63, 3.8) is 0 Å². The lowest BCUT2D eigenvalue weighted by Gasteiger charge is -2.31. The van der Waals surface area contributed by atoms with Gasteiger partial charge < -0.3 is 20.1 Å². The summed E-state index contributed by atoms with van der Waals surface area (Å²) in [5.41, 5.74) is 1.80. The number of hydrogen-bond acceptors (Lipinski definition) is 4. The Morgan fingerprint density at radius 3 is 1.84 bits per heavy atom. The van der Waals surface area contributed by atoms with E-state index < -0.39 is 29.4 Å². The van der Waals surface area contributed by atoms with Crippen LogP contribution in [0.25, 0.3) is 0 Å². The molecule has 0 unspecified atom stereocenters. The molecule has 174 valence electrons. The minimum Gasteiger partial charge on any atom is -0.444 e. The first kappa shape index (κ1) is 25.2. The van der Waals surface area contributed by atoms with Crippen LogP contribution in [-0.2, 0) is 9.47 Å². The summed E-state index contributed by atoms with van der Waals surface area (Å²) in [6.45, 7) is 13.2. The number of nitrogens with one attached hydrogen (secondary N) is 2. The zero-order chi connectivity index (χ0) is 23.9. The summed E-state index contributed by atoms with van der Waals surface area (Å²) in [6, 6.07) is 17.3. The van der Waals surface area contributed by atoms with E-state index in [-0.39, 0.29) is 12.5 Å². The van der Waals surface area contributed by atoms with Crippen molar-refractivity contribution < 1.29 is 19.1 Å². The maximum absolute atomic E-state index is 12.7. The molecule has 2 aromatic carbocycles. The maximum Gasteiger partial charge on any atom is 0.408 e. The smallest absolute Gasteiger partial charge is 0.408 e. The number of carbonyl (C=O) groups is 2. The van der Waals surface area contributed by atoms with Crippen LogP contribution in [-0.4, -0.2) is 29.9 Å². The molecule has 0 bridgehead atoms. The third-order valence-corrected chi connectivity index (χ3v) is 4.60. The van der Waals surface area contributed by atoms with Crippen molar-refractivity contribution in [3.8, 4) is 0 Å². The van der Waals surface area contributed by atoms with Crippen LogP contribution in [0.2, 0.25) is 0 Å². The first-order valence-corrected chi connectivity index (χ1v) is 10.9. The highest BCUT2D eigenvalue weighted by Crippen LogP contribution is 2.31. The monoisotopic (exact) mass is 440 g/mol. The largest absolute Gasteiger partial charge is 0.444 e. The van der Waals surface area contributed by atoms with Gasteiger partial charge in [0.15, 0.2) is 0 Å². The number of amides is 2. The van der Waals surface area contributed by atoms with Crippen molar-refractivity contribution >= 4 is 12.2 Å². The molecule has 0 fully saturated rings. The Kier molecular flexibility index (Phi) is 8.31. The van der Waals surface area contributed by atoms with Gasteiger partial charge in [-0.25, -0.2) is 9.59 Å². The van der Waals surface area contributed by atoms with E-state index in [0.29, 0.717) is 0 Å². The Morgan fingerprint density at radius 2 is 1.31 bits per heavy atom. The summed E-state index contributed by atoms with van der Waals surface area (Å²) in [5.74, 6) is -0.252. The van der Waals surface area contributed by atoms with Crippen LogP contribution in [0.1, 0.15) is 70.2 Å². The zero-order valence-electron chi connectivity index (χ0n) is 20.2. The van der Waals surface area contributed by atoms with Gasteiger partial charge in [-0.2, -0.15) is 0 Å². The van der Waals surface area contributed by atoms with Crippen molar-refractivity contribution in [1.29, 1.82) is 0 Å². The summed E-state index contributed by atoms with van der Waals surface area (Å²) in [6.07, 6.45) is -1.01. The van der Waals surface area contributed by atoms with Crippen LogP contribution in [0, 0.1) is 6.92 Å². The molecule has 0 saturated carbocycles. The van der Waals surface area contributed by atoms with Crippen LogP contribution in [0.4, 0.5) is 9.59 Å². The molecule has 2 amide bonds. The SMILES string of the molecule is Cc1ccc([C@H](CNC(=O)OC(C)(C)C)[C@H](NC(=O)OC(C)(C)C)c2ccccc2)cc1. The van der Waals surface area contributed by atoms with E-state index in [0.717, 1.165) is 16.7 Å². The summed E-state index contributed by atoms with van der Waals surface area (Å²) >= 11 is 0. The van der Waals surface area contributed by atoms with Gasteiger partial charge in [0, 0.05) is 12.5 Å². The molecular formula is C26H36N2O4. The third kappa shape index (κ3) is 8.61. The highest BCUT2D eigenvalue weighted by Gasteiger charge is 2.29. The molecule has 0 radical (unpaired) electrons. The van der Waals surface area contributed by atoms with Gasteiger partial charge in [-0.3, -0.25) is 0 Å². The predicted molar refractivity (Wildman–Crippen MR) is 127 cm³/mol. The highest BCUT2D eigenvalue weighted by molar-refractivity contribution is 5.69. The van der Waals surface area contributed by atoms with E-state index in [1.165, 1.54) is 0 Å². The molecule has 0 aliphatic carbocycles. The van der Waals surface area contributed by atoms with Crippen molar-refractivity contribution in [1.82, 2.24) is 10.6 Å². The van der Waals surface area contributed by atoms with Crippen molar-refractivity contribution in [2.75, 3.05) is 6.54 Å². The first-order chi connectivity index (χ1) is 14.8. The molecule has 0 saturated heterocycles. The molecule has 2 aromatic rings. The average Bonchev–Trinajstić information content (AvgIpc) is 2.66. The average molecular weight is 441 g/mol. The number of carbonyl (C=O) groups excluding carboxylic acids is 2. The molecular weight excluding hydrogens is 404 g/mol. The molecule has 32 heavy (non-hydrogen) atoms. The van der Waals surface area contributed by atoms with E-state index in [4.69, 9.17) is 9.47 Å².